The third-order valence-electron chi connectivity index (χ3n) is 13.8. The van der Waals surface area contributed by atoms with Crippen molar-refractivity contribution in [3.8, 4) is 11.1 Å². The molecule has 0 aromatic heterocycles. The fourth-order valence-electron chi connectivity index (χ4n) is 10.4. The van der Waals surface area contributed by atoms with E-state index in [1.54, 1.807) is 0 Å². The van der Waals surface area contributed by atoms with Gasteiger partial charge in [-0.2, -0.15) is 0 Å². The maximum atomic E-state index is 4.19. The lowest BCUT2D eigenvalue weighted by Crippen LogP contribution is -2.28. The average Bonchev–Trinajstić information content (AvgIpc) is 3.34. The van der Waals surface area contributed by atoms with Crippen molar-refractivity contribution in [2.45, 2.75) is 139 Å². The summed E-state index contributed by atoms with van der Waals surface area (Å²) in [6, 6.07) is 41.6. The van der Waals surface area contributed by atoms with Crippen molar-refractivity contribution in [1.29, 1.82) is 0 Å². The Morgan fingerprint density at radius 3 is 1.76 bits per heavy atom. The molecule has 0 bridgehead atoms. The van der Waals surface area contributed by atoms with Gasteiger partial charge in [0.05, 0.1) is 0 Å². The summed E-state index contributed by atoms with van der Waals surface area (Å²) >= 11 is 0. The molecule has 0 saturated carbocycles. The quantitative estimate of drug-likeness (QED) is 0.0540. The van der Waals surface area contributed by atoms with Crippen LogP contribution >= 0.6 is 0 Å². The molecule has 5 aromatic rings. The van der Waals surface area contributed by atoms with Crippen LogP contribution in [0.5, 0.6) is 0 Å². The first-order valence-corrected chi connectivity index (χ1v) is 25.3. The Balaban J connectivity index is 0.00000232. The van der Waals surface area contributed by atoms with Crippen LogP contribution in [0.15, 0.2) is 165 Å². The van der Waals surface area contributed by atoms with Gasteiger partial charge >= 0.3 is 0 Å². The van der Waals surface area contributed by atoms with Crippen LogP contribution in [0, 0.1) is 16.7 Å². The molecule has 5 aromatic carbocycles. The summed E-state index contributed by atoms with van der Waals surface area (Å²) in [5.74, 6) is 1.12. The van der Waals surface area contributed by atoms with E-state index >= 15 is 0 Å². The van der Waals surface area contributed by atoms with Crippen molar-refractivity contribution in [2.75, 3.05) is 0 Å². The number of hydrogen-bond acceptors (Lipinski definition) is 0. The normalized spacial score (nSPS) is 14.8. The number of rotatable bonds is 20. The minimum Gasteiger partial charge on any atom is -0.0991 e. The predicted molar refractivity (Wildman–Crippen MR) is 297 cm³/mol. The molecular weight excluding hydrogens is 793 g/mol. The van der Waals surface area contributed by atoms with Gasteiger partial charge in [0.1, 0.15) is 0 Å². The minimum absolute atomic E-state index is 0.0312. The number of allylic oxidation sites excluding steroid dienone is 5. The Morgan fingerprint density at radius 2 is 1.21 bits per heavy atom. The van der Waals surface area contributed by atoms with E-state index in [-0.39, 0.29) is 17.3 Å². The first kappa shape index (κ1) is 53.2. The molecule has 0 amide bonds. The molecule has 4 atom stereocenters. The van der Waals surface area contributed by atoms with Gasteiger partial charge in [-0.05, 0) is 121 Å². The van der Waals surface area contributed by atoms with Crippen molar-refractivity contribution in [3.63, 3.8) is 0 Å². The van der Waals surface area contributed by atoms with Gasteiger partial charge < -0.3 is 0 Å². The summed E-state index contributed by atoms with van der Waals surface area (Å²) in [7, 11) is 0. The average molecular weight is 877 g/mol. The molecule has 0 saturated heterocycles. The number of unbranched alkanes of at least 4 members (excludes halogenated alkanes) is 1. The van der Waals surface area contributed by atoms with E-state index in [0.29, 0.717) is 17.3 Å². The molecule has 0 fully saturated rings. The predicted octanol–water partition coefficient (Wildman–Crippen LogP) is 20.0. The molecule has 0 aliphatic heterocycles. The third kappa shape index (κ3) is 12.9. The minimum atomic E-state index is -0.0312. The lowest BCUT2D eigenvalue weighted by atomic mass is 9.65. The Kier molecular flexibility index (Phi) is 20.5. The molecule has 0 heterocycles. The third-order valence-corrected chi connectivity index (χ3v) is 13.8. The monoisotopic (exact) mass is 877 g/mol. The highest BCUT2D eigenvalue weighted by molar-refractivity contribution is 5.71. The van der Waals surface area contributed by atoms with Gasteiger partial charge in [0.25, 0.3) is 0 Å². The van der Waals surface area contributed by atoms with Crippen molar-refractivity contribution in [1.82, 2.24) is 0 Å². The molecule has 1 aliphatic rings. The maximum Gasteiger partial charge on any atom is 0.0346 e. The van der Waals surface area contributed by atoms with Crippen molar-refractivity contribution < 1.29 is 0 Å². The van der Waals surface area contributed by atoms with Crippen LogP contribution in [0.1, 0.15) is 188 Å². The van der Waals surface area contributed by atoms with Gasteiger partial charge in [-0.25, -0.2) is 0 Å². The maximum absolute atomic E-state index is 4.19. The Labute approximate surface area is 404 Å². The van der Waals surface area contributed by atoms with E-state index in [4.69, 9.17) is 0 Å². The molecule has 0 spiro atoms. The van der Waals surface area contributed by atoms with Gasteiger partial charge in [-0.1, -0.05) is 273 Å². The number of benzene rings is 5. The lowest BCUT2D eigenvalue weighted by molar-refractivity contribution is 0.174. The van der Waals surface area contributed by atoms with Gasteiger partial charge in [-0.3, -0.25) is 0 Å². The fraction of sp³-hybridized carbons (Fsp3) is 0.364. The van der Waals surface area contributed by atoms with Crippen LogP contribution in [-0.2, 0) is 6.42 Å². The SMILES string of the molecule is C=C/C=C(\C=C)C(c1ccc(-c2ccc(C(c3ccc(C(CC(C)(C)CCC)C(C)(C)CCCC)cc3)c3cccc4c3C=CC(C)C4)cc2)cc1)c1cccc(C=C)c1C=C.CC.CC. The van der Waals surface area contributed by atoms with Crippen LogP contribution in [0.4, 0.5) is 0 Å². The number of hydrogen-bond donors (Lipinski definition) is 0. The Morgan fingerprint density at radius 1 is 0.652 bits per heavy atom. The molecule has 0 radical (unpaired) electrons. The first-order valence-electron chi connectivity index (χ1n) is 25.3. The summed E-state index contributed by atoms with van der Waals surface area (Å²) < 4.78 is 0. The molecule has 0 heteroatoms. The number of fused-ring (bicyclic) bond motifs is 1. The smallest absolute Gasteiger partial charge is 0.0346 e. The molecule has 0 N–H and O–H groups in total. The van der Waals surface area contributed by atoms with Crippen LogP contribution in [0.2, 0.25) is 0 Å². The topological polar surface area (TPSA) is 0 Å². The molecule has 6 rings (SSSR count). The van der Waals surface area contributed by atoms with Crippen molar-refractivity contribution in [3.05, 3.63) is 221 Å². The summed E-state index contributed by atoms with van der Waals surface area (Å²) in [5.41, 5.74) is 16.9. The van der Waals surface area contributed by atoms with Crippen molar-refractivity contribution in [2.24, 2.45) is 16.7 Å². The van der Waals surface area contributed by atoms with E-state index in [0.717, 1.165) is 23.1 Å². The largest absolute Gasteiger partial charge is 0.0991 e. The summed E-state index contributed by atoms with van der Waals surface area (Å²) in [6.45, 7) is 41.4. The van der Waals surface area contributed by atoms with E-state index in [9.17, 15) is 0 Å². The second kappa shape index (κ2) is 25.4. The Hall–Kier alpha value is -5.46. The van der Waals surface area contributed by atoms with Crippen molar-refractivity contribution >= 4 is 18.2 Å². The highest BCUT2D eigenvalue weighted by atomic mass is 14.4. The van der Waals surface area contributed by atoms with Crippen LogP contribution in [0.25, 0.3) is 29.4 Å². The molecule has 66 heavy (non-hydrogen) atoms. The lowest BCUT2D eigenvalue weighted by Gasteiger charge is -2.40. The van der Waals surface area contributed by atoms with Crippen LogP contribution in [-0.4, -0.2) is 0 Å². The molecule has 0 nitrogen and oxygen atoms in total. The second-order valence-electron chi connectivity index (χ2n) is 19.4. The van der Waals surface area contributed by atoms with Gasteiger partial charge in [0.2, 0.25) is 0 Å². The van der Waals surface area contributed by atoms with Gasteiger partial charge in [-0.15, -0.1) is 0 Å². The summed E-state index contributed by atoms with van der Waals surface area (Å²) in [5, 5.41) is 0. The molecule has 348 valence electrons. The van der Waals surface area contributed by atoms with Gasteiger partial charge in [0, 0.05) is 11.8 Å². The zero-order chi connectivity index (χ0) is 48.4. The summed E-state index contributed by atoms with van der Waals surface area (Å²) in [4.78, 5) is 0. The summed E-state index contributed by atoms with van der Waals surface area (Å²) in [6.07, 6.45) is 23.0. The van der Waals surface area contributed by atoms with E-state index in [1.165, 1.54) is 94.2 Å². The Bertz CT molecular complexity index is 2370. The van der Waals surface area contributed by atoms with Crippen LogP contribution < -0.4 is 0 Å². The highest BCUT2D eigenvalue weighted by Gasteiger charge is 2.35. The zero-order valence-electron chi connectivity index (χ0n) is 43.0. The van der Waals surface area contributed by atoms with Gasteiger partial charge in [0.15, 0.2) is 0 Å². The fourth-order valence-corrected chi connectivity index (χ4v) is 10.4. The second-order valence-corrected chi connectivity index (χ2v) is 19.4. The molecule has 1 aliphatic carbocycles. The van der Waals surface area contributed by atoms with E-state index in [2.05, 4.69) is 202 Å². The molecule has 4 unspecified atom stereocenters. The zero-order valence-corrected chi connectivity index (χ0v) is 43.0. The van der Waals surface area contributed by atoms with E-state index < -0.39 is 0 Å². The standard InChI is InChI=1S/C62H72.2C2H6/c1-12-18-41-62(10,11)58(43-61(8,9)40-14-3)49-31-37-52(38-32-49)60(57-25-20-23-53-42-44(7)26-39-55(53)57)51-35-29-48(30-36-51)47-27-33-50(34-28-47)59(46(16-5)21-13-2)56-24-19-22-45(15-4)54(56)17-6;2*1-2/h13,15-17,19-39,44,58-60H,2,4-6,12,14,18,40-43H2,1,3,7-11H3;2*1-2H3/b46-21+;;. The first-order chi connectivity index (χ1) is 31.9. The van der Waals surface area contributed by atoms with Crippen LogP contribution in [0.3, 0.4) is 0 Å². The highest BCUT2D eigenvalue weighted by Crippen LogP contribution is 2.48. The van der Waals surface area contributed by atoms with E-state index in [1.807, 2.05) is 52.0 Å². The molecular formula is C66H84.